The number of fused-ring (bicyclic) bond motifs is 2. The summed E-state index contributed by atoms with van der Waals surface area (Å²) in [6.07, 6.45) is 5.46. The molecule has 0 aliphatic carbocycles. The molecule has 8 nitrogen and oxygen atoms in total. The van der Waals surface area contributed by atoms with Gasteiger partial charge in [0, 0.05) is 18.8 Å². The Morgan fingerprint density at radius 3 is 3.04 bits per heavy atom. The molecule has 0 amide bonds. The van der Waals surface area contributed by atoms with E-state index in [0.717, 1.165) is 22.6 Å². The lowest BCUT2D eigenvalue weighted by Gasteiger charge is -2.16. The van der Waals surface area contributed by atoms with Crippen LogP contribution >= 0.6 is 11.3 Å². The van der Waals surface area contributed by atoms with Crippen molar-refractivity contribution < 1.29 is 0 Å². The first-order valence-electron chi connectivity index (χ1n) is 7.74. The zero-order valence-corrected chi connectivity index (χ0v) is 14.2. The van der Waals surface area contributed by atoms with Crippen LogP contribution in [0.1, 0.15) is 5.56 Å². The van der Waals surface area contributed by atoms with Gasteiger partial charge in [0.2, 0.25) is 0 Å². The predicted molar refractivity (Wildman–Crippen MR) is 96.8 cm³/mol. The Balaban J connectivity index is 1.47. The van der Waals surface area contributed by atoms with Gasteiger partial charge in [0.1, 0.15) is 0 Å². The van der Waals surface area contributed by atoms with Gasteiger partial charge in [0.25, 0.3) is 0 Å². The van der Waals surface area contributed by atoms with Crippen molar-refractivity contribution in [2.24, 2.45) is 7.05 Å². The molecule has 1 aliphatic rings. The van der Waals surface area contributed by atoms with E-state index in [9.17, 15) is 0 Å². The van der Waals surface area contributed by atoms with Crippen molar-refractivity contribution in [1.82, 2.24) is 30.3 Å². The molecule has 124 valence electrons. The van der Waals surface area contributed by atoms with E-state index in [2.05, 4.69) is 38.2 Å². The number of nitrogens with one attached hydrogen (secondary N) is 2. The first-order chi connectivity index (χ1) is 12.3. The Hall–Kier alpha value is -3.04. The average Bonchev–Trinajstić information content (AvgIpc) is 3.34. The molecule has 0 spiro atoms. The van der Waals surface area contributed by atoms with Crippen LogP contribution in [0.4, 0.5) is 11.6 Å². The first kappa shape index (κ1) is 14.3. The topological polar surface area (TPSA) is 83.8 Å². The third kappa shape index (κ3) is 2.49. The summed E-state index contributed by atoms with van der Waals surface area (Å²) in [4.78, 5) is 13.5. The van der Waals surface area contributed by atoms with E-state index in [4.69, 9.17) is 4.98 Å². The SMILES string of the molecule is Cn1cc(-c2cnc3c(n2)N(Cc2ccc4ncsc4c2)NN3)cn1. The normalized spacial score (nSPS) is 13.2. The van der Waals surface area contributed by atoms with Gasteiger partial charge in [-0.05, 0) is 17.7 Å². The minimum atomic E-state index is 0.666. The molecule has 0 bridgehead atoms. The number of nitrogens with zero attached hydrogens (tertiary/aromatic N) is 6. The van der Waals surface area contributed by atoms with Crippen LogP contribution < -0.4 is 16.0 Å². The second-order valence-corrected chi connectivity index (χ2v) is 6.69. The van der Waals surface area contributed by atoms with Gasteiger partial charge in [-0.1, -0.05) is 6.07 Å². The van der Waals surface area contributed by atoms with Crippen LogP contribution in [0.3, 0.4) is 0 Å². The minimum absolute atomic E-state index is 0.666. The summed E-state index contributed by atoms with van der Waals surface area (Å²) in [5, 5.41) is 6.15. The summed E-state index contributed by atoms with van der Waals surface area (Å²) in [6, 6.07) is 6.29. The van der Waals surface area contributed by atoms with Crippen LogP contribution in [0, 0.1) is 0 Å². The third-order valence-electron chi connectivity index (χ3n) is 4.06. The van der Waals surface area contributed by atoms with Gasteiger partial charge in [-0.15, -0.1) is 16.9 Å². The van der Waals surface area contributed by atoms with Crippen LogP contribution in [0.15, 0.2) is 42.3 Å². The molecule has 0 fully saturated rings. The number of hydrazine groups is 2. The maximum atomic E-state index is 4.74. The van der Waals surface area contributed by atoms with Crippen LogP contribution in [0.2, 0.25) is 0 Å². The zero-order chi connectivity index (χ0) is 16.8. The monoisotopic (exact) mass is 350 g/mol. The van der Waals surface area contributed by atoms with Crippen molar-refractivity contribution in [1.29, 1.82) is 0 Å². The van der Waals surface area contributed by atoms with Crippen LogP contribution in [-0.4, -0.2) is 24.7 Å². The molecule has 3 aromatic heterocycles. The minimum Gasteiger partial charge on any atom is -0.285 e. The summed E-state index contributed by atoms with van der Waals surface area (Å²) < 4.78 is 2.93. The molecule has 0 atom stereocenters. The van der Waals surface area contributed by atoms with Crippen molar-refractivity contribution in [3.63, 3.8) is 0 Å². The van der Waals surface area contributed by atoms with Crippen molar-refractivity contribution in [3.8, 4) is 11.3 Å². The highest BCUT2D eigenvalue weighted by Crippen LogP contribution is 2.29. The molecule has 0 unspecified atom stereocenters. The summed E-state index contributed by atoms with van der Waals surface area (Å²) in [5.74, 6) is 1.48. The van der Waals surface area contributed by atoms with Crippen molar-refractivity contribution in [3.05, 3.63) is 47.9 Å². The molecule has 0 saturated heterocycles. The van der Waals surface area contributed by atoms with Gasteiger partial charge in [-0.25, -0.2) is 15.0 Å². The van der Waals surface area contributed by atoms with Crippen molar-refractivity contribution in [2.75, 3.05) is 10.4 Å². The number of aryl methyl sites for hydroxylation is 1. The van der Waals surface area contributed by atoms with Gasteiger partial charge in [-0.2, -0.15) is 5.10 Å². The van der Waals surface area contributed by atoms with E-state index in [1.807, 2.05) is 29.8 Å². The van der Waals surface area contributed by atoms with E-state index < -0.39 is 0 Å². The fourth-order valence-electron chi connectivity index (χ4n) is 2.82. The highest BCUT2D eigenvalue weighted by molar-refractivity contribution is 7.16. The Bertz CT molecular complexity index is 1070. The number of thiazole rings is 1. The average molecular weight is 350 g/mol. The standard InChI is InChI=1S/C16H14N8S/c1-23-8-11(5-19-23)13-6-17-15-16(20-13)24(22-21-15)7-10-2-3-12-14(4-10)25-9-18-12/h2-6,8-9,22H,7H2,1H3,(H,17,21). The second kappa shape index (κ2) is 5.50. The van der Waals surface area contributed by atoms with Gasteiger partial charge in [0.15, 0.2) is 11.6 Å². The van der Waals surface area contributed by atoms with Crippen LogP contribution in [-0.2, 0) is 13.6 Å². The second-order valence-electron chi connectivity index (χ2n) is 5.81. The Labute approximate surface area is 147 Å². The quantitative estimate of drug-likeness (QED) is 0.587. The van der Waals surface area contributed by atoms with E-state index in [1.54, 1.807) is 28.4 Å². The smallest absolute Gasteiger partial charge is 0.190 e. The summed E-state index contributed by atoms with van der Waals surface area (Å²) in [7, 11) is 1.88. The van der Waals surface area contributed by atoms with E-state index >= 15 is 0 Å². The maximum Gasteiger partial charge on any atom is 0.190 e. The molecule has 9 heteroatoms. The lowest BCUT2D eigenvalue weighted by Crippen LogP contribution is -2.35. The maximum absolute atomic E-state index is 4.74. The summed E-state index contributed by atoms with van der Waals surface area (Å²) in [6.45, 7) is 0.666. The Kier molecular flexibility index (Phi) is 3.15. The summed E-state index contributed by atoms with van der Waals surface area (Å²) >= 11 is 1.64. The molecular formula is C16H14N8S. The van der Waals surface area contributed by atoms with Gasteiger partial charge >= 0.3 is 0 Å². The van der Waals surface area contributed by atoms with E-state index in [-0.39, 0.29) is 0 Å². The molecule has 2 N–H and O–H groups in total. The molecule has 5 rings (SSSR count). The molecule has 0 radical (unpaired) electrons. The number of rotatable bonds is 3. The Morgan fingerprint density at radius 2 is 2.16 bits per heavy atom. The fraction of sp³-hybridized carbons (Fsp3) is 0.125. The van der Waals surface area contributed by atoms with E-state index in [0.29, 0.717) is 12.4 Å². The number of anilines is 2. The molecule has 25 heavy (non-hydrogen) atoms. The number of hydrogen-bond donors (Lipinski definition) is 2. The van der Waals surface area contributed by atoms with Gasteiger partial charge in [-0.3, -0.25) is 15.1 Å². The van der Waals surface area contributed by atoms with Crippen LogP contribution in [0.5, 0.6) is 0 Å². The third-order valence-corrected chi connectivity index (χ3v) is 4.85. The van der Waals surface area contributed by atoms with Gasteiger partial charge < -0.3 is 0 Å². The number of hydrogen-bond acceptors (Lipinski definition) is 8. The number of aromatic nitrogens is 5. The highest BCUT2D eigenvalue weighted by Gasteiger charge is 2.23. The van der Waals surface area contributed by atoms with Crippen LogP contribution in [0.25, 0.3) is 21.5 Å². The Morgan fingerprint density at radius 1 is 1.20 bits per heavy atom. The number of benzene rings is 1. The molecular weight excluding hydrogens is 336 g/mol. The lowest BCUT2D eigenvalue weighted by atomic mass is 10.2. The molecule has 0 saturated carbocycles. The largest absolute Gasteiger partial charge is 0.285 e. The first-order valence-corrected chi connectivity index (χ1v) is 8.61. The molecule has 1 aromatic carbocycles. The molecule has 1 aliphatic heterocycles. The fourth-order valence-corrected chi connectivity index (χ4v) is 3.56. The van der Waals surface area contributed by atoms with Crippen molar-refractivity contribution in [2.45, 2.75) is 6.54 Å². The van der Waals surface area contributed by atoms with Gasteiger partial charge in [0.05, 0.1) is 40.4 Å². The molecule has 4 heterocycles. The summed E-state index contributed by atoms with van der Waals surface area (Å²) in [5.41, 5.74) is 12.0. The predicted octanol–water partition coefficient (Wildman–Crippen LogP) is 2.34. The van der Waals surface area contributed by atoms with Crippen molar-refractivity contribution >= 4 is 33.2 Å². The lowest BCUT2D eigenvalue weighted by molar-refractivity contribution is 0.717. The van der Waals surface area contributed by atoms with E-state index in [1.165, 1.54) is 10.3 Å². The zero-order valence-electron chi connectivity index (χ0n) is 13.3. The molecule has 4 aromatic rings. The highest BCUT2D eigenvalue weighted by atomic mass is 32.1.